The van der Waals surface area contributed by atoms with E-state index in [9.17, 15) is 0 Å². The van der Waals surface area contributed by atoms with Crippen LogP contribution in [0.25, 0.3) is 27.5 Å². The van der Waals surface area contributed by atoms with Crippen molar-refractivity contribution in [1.29, 1.82) is 0 Å². The van der Waals surface area contributed by atoms with Crippen molar-refractivity contribution >= 4 is 21.8 Å². The Labute approximate surface area is 197 Å². The Morgan fingerprint density at radius 1 is 0.636 bits per heavy atom. The van der Waals surface area contributed by atoms with Crippen molar-refractivity contribution in [3.05, 3.63) is 77.4 Å². The average Bonchev–Trinajstić information content (AvgIpc) is 3.09. The highest BCUT2D eigenvalue weighted by molar-refractivity contribution is 6.09. The van der Waals surface area contributed by atoms with Gasteiger partial charge in [-0.3, -0.25) is 0 Å². The fraction of sp³-hybridized carbons (Fsp3) is 0.250. The van der Waals surface area contributed by atoms with Crippen molar-refractivity contribution in [3.63, 3.8) is 0 Å². The normalized spacial score (nSPS) is 11.4. The highest BCUT2D eigenvalue weighted by Crippen LogP contribution is 2.37. The Morgan fingerprint density at radius 2 is 1.15 bits per heavy atom. The van der Waals surface area contributed by atoms with Crippen molar-refractivity contribution in [2.75, 3.05) is 0 Å². The monoisotopic (exact) mass is 427 g/mol. The predicted octanol–water partition coefficient (Wildman–Crippen LogP) is 7.37. The van der Waals surface area contributed by atoms with Gasteiger partial charge in [0.2, 0.25) is 0 Å². The summed E-state index contributed by atoms with van der Waals surface area (Å²) in [5.41, 5.74) is 7.31. The number of hydrogen-bond donors (Lipinski definition) is 0. The molecule has 1 heteroatoms. The third-order valence-electron chi connectivity index (χ3n) is 6.03. The van der Waals surface area contributed by atoms with E-state index in [4.69, 9.17) is 6.42 Å². The molecule has 4 rings (SSSR count). The lowest BCUT2D eigenvalue weighted by atomic mass is 9.85. The van der Waals surface area contributed by atoms with E-state index in [0.29, 0.717) is 0 Å². The largest absolute Gasteiger partial charge is 0.309 e. The highest BCUT2D eigenvalue weighted by atomic mass is 15.0. The summed E-state index contributed by atoms with van der Waals surface area (Å²) in [7, 11) is 0. The molecule has 33 heavy (non-hydrogen) atoms. The van der Waals surface area contributed by atoms with Gasteiger partial charge in [0.25, 0.3) is 0 Å². The Bertz CT molecular complexity index is 1440. The number of hydrogen-bond acceptors (Lipinski definition) is 0. The summed E-state index contributed by atoms with van der Waals surface area (Å²) in [5, 5.41) is 2.58. The van der Waals surface area contributed by atoms with Crippen molar-refractivity contribution < 1.29 is 0 Å². The number of terminal acetylenes is 1. The first-order chi connectivity index (χ1) is 15.6. The van der Waals surface area contributed by atoms with Crippen LogP contribution in [-0.2, 0) is 10.8 Å². The zero-order valence-corrected chi connectivity index (χ0v) is 20.3. The first kappa shape index (κ1) is 22.3. The van der Waals surface area contributed by atoms with Crippen molar-refractivity contribution in [2.24, 2.45) is 0 Å². The van der Waals surface area contributed by atoms with E-state index in [1.807, 2.05) is 12.1 Å². The summed E-state index contributed by atoms with van der Waals surface area (Å²) in [4.78, 5) is 0. The molecule has 1 aromatic heterocycles. The van der Waals surface area contributed by atoms with Crippen molar-refractivity contribution in [2.45, 2.75) is 52.4 Å². The summed E-state index contributed by atoms with van der Waals surface area (Å²) >= 11 is 0. The maximum atomic E-state index is 5.14. The topological polar surface area (TPSA) is 4.93 Å². The molecule has 0 aliphatic carbocycles. The molecule has 0 unspecified atom stereocenters. The molecule has 162 valence electrons. The minimum absolute atomic E-state index is 0.0902. The van der Waals surface area contributed by atoms with E-state index in [-0.39, 0.29) is 10.8 Å². The lowest BCUT2D eigenvalue weighted by molar-refractivity contribution is 0.590. The van der Waals surface area contributed by atoms with Crippen LogP contribution in [0.15, 0.2) is 60.7 Å². The molecule has 0 N–H and O–H groups in total. The van der Waals surface area contributed by atoms with Crippen LogP contribution in [-0.4, -0.2) is 4.57 Å². The molecule has 0 aliphatic heterocycles. The lowest BCUT2D eigenvalue weighted by Gasteiger charge is -2.19. The zero-order chi connectivity index (χ0) is 23.8. The molecule has 0 amide bonds. The summed E-state index contributed by atoms with van der Waals surface area (Å²) in [6, 6.07) is 22.1. The van der Waals surface area contributed by atoms with Crippen LogP contribution in [0.3, 0.4) is 0 Å². The predicted molar refractivity (Wildman–Crippen MR) is 142 cm³/mol. The second-order valence-corrected chi connectivity index (χ2v) is 10.5. The quantitative estimate of drug-likeness (QED) is 0.280. The fourth-order valence-corrected chi connectivity index (χ4v) is 4.10. The first-order valence-electron chi connectivity index (χ1n) is 11.3. The van der Waals surface area contributed by atoms with Gasteiger partial charge in [-0.2, -0.15) is 0 Å². The molecule has 4 aromatic rings. The van der Waals surface area contributed by atoms with Crippen LogP contribution in [0.5, 0.6) is 0 Å². The molecule has 0 saturated heterocycles. The Kier molecular flexibility index (Phi) is 5.58. The van der Waals surface area contributed by atoms with Gasteiger partial charge in [-0.15, -0.1) is 6.42 Å². The van der Waals surface area contributed by atoms with Gasteiger partial charge in [-0.1, -0.05) is 59.6 Å². The van der Waals surface area contributed by atoms with E-state index in [0.717, 1.165) is 11.3 Å². The lowest BCUT2D eigenvalue weighted by Crippen LogP contribution is -2.10. The van der Waals surface area contributed by atoms with Crippen LogP contribution < -0.4 is 0 Å². The van der Waals surface area contributed by atoms with E-state index < -0.39 is 0 Å². The third kappa shape index (κ3) is 4.40. The number of rotatable bonds is 1. The highest BCUT2D eigenvalue weighted by Gasteiger charge is 2.20. The molecule has 1 nitrogen and oxygen atoms in total. The van der Waals surface area contributed by atoms with Gasteiger partial charge in [0.1, 0.15) is 0 Å². The van der Waals surface area contributed by atoms with Crippen LogP contribution >= 0.6 is 0 Å². The van der Waals surface area contributed by atoms with Crippen molar-refractivity contribution in [1.82, 2.24) is 4.57 Å². The standard InChI is InChI=1S/C32H29N/c1-8-9-10-11-12-23-13-17-26(18-14-23)33-29-19-15-24(31(2,3)4)21-27(29)28-22-25(32(5,6)7)16-20-30(28)33/h1,13-22H,2-7H3. The Hall–Kier alpha value is -3.86. The van der Waals surface area contributed by atoms with E-state index in [1.165, 1.54) is 32.9 Å². The Balaban J connectivity index is 1.95. The molecule has 0 spiro atoms. The van der Waals surface area contributed by atoms with Crippen LogP contribution in [0.2, 0.25) is 0 Å². The van der Waals surface area contributed by atoms with Crippen LogP contribution in [0, 0.1) is 36.0 Å². The molecular weight excluding hydrogens is 398 g/mol. The first-order valence-corrected chi connectivity index (χ1v) is 11.3. The van der Waals surface area contributed by atoms with Gasteiger partial charge in [-0.05, 0) is 94.2 Å². The Morgan fingerprint density at radius 3 is 1.61 bits per heavy atom. The van der Waals surface area contributed by atoms with Gasteiger partial charge in [-0.25, -0.2) is 0 Å². The molecule has 0 aliphatic rings. The van der Waals surface area contributed by atoms with E-state index in [1.54, 1.807) is 0 Å². The van der Waals surface area contributed by atoms with Gasteiger partial charge < -0.3 is 4.57 Å². The van der Waals surface area contributed by atoms with E-state index >= 15 is 0 Å². The second-order valence-electron chi connectivity index (χ2n) is 10.5. The van der Waals surface area contributed by atoms with Gasteiger partial charge in [0.15, 0.2) is 0 Å². The molecule has 0 atom stereocenters. The SMILES string of the molecule is C#CC#CC#Cc1ccc(-n2c3ccc(C(C)(C)C)cc3c3cc(C(C)(C)C)ccc32)cc1. The van der Waals surface area contributed by atoms with Gasteiger partial charge in [0.05, 0.1) is 11.0 Å². The number of benzene rings is 3. The molecular formula is C32H29N. The molecule has 0 fully saturated rings. The number of fused-ring (bicyclic) bond motifs is 3. The fourth-order valence-electron chi connectivity index (χ4n) is 4.10. The molecule has 0 bridgehead atoms. The maximum absolute atomic E-state index is 5.14. The molecule has 3 aromatic carbocycles. The third-order valence-corrected chi connectivity index (χ3v) is 6.03. The van der Waals surface area contributed by atoms with Gasteiger partial charge >= 0.3 is 0 Å². The molecule has 0 saturated carbocycles. The van der Waals surface area contributed by atoms with Crippen molar-refractivity contribution in [3.8, 4) is 41.7 Å². The number of nitrogens with zero attached hydrogens (tertiary/aromatic N) is 1. The van der Waals surface area contributed by atoms with Crippen LogP contribution in [0.1, 0.15) is 58.2 Å². The van der Waals surface area contributed by atoms with E-state index in [2.05, 4.69) is 124 Å². The minimum atomic E-state index is 0.0902. The smallest absolute Gasteiger partial charge is 0.0541 e. The molecule has 1 heterocycles. The summed E-state index contributed by atoms with van der Waals surface area (Å²) in [6.45, 7) is 13.6. The summed E-state index contributed by atoms with van der Waals surface area (Å²) < 4.78 is 2.35. The summed E-state index contributed by atoms with van der Waals surface area (Å²) in [6.07, 6.45) is 5.14. The average molecular weight is 428 g/mol. The zero-order valence-electron chi connectivity index (χ0n) is 20.3. The maximum Gasteiger partial charge on any atom is 0.0541 e. The second kappa shape index (κ2) is 8.24. The summed E-state index contributed by atoms with van der Waals surface area (Å²) in [5.74, 6) is 13.3. The minimum Gasteiger partial charge on any atom is -0.309 e. The molecule has 0 radical (unpaired) electrons. The van der Waals surface area contributed by atoms with Gasteiger partial charge in [0, 0.05) is 22.0 Å². The number of aromatic nitrogens is 1. The van der Waals surface area contributed by atoms with Crippen LogP contribution in [0.4, 0.5) is 0 Å².